The summed E-state index contributed by atoms with van der Waals surface area (Å²) < 4.78 is 1.77. The molecule has 9 heteroatoms. The van der Waals surface area contributed by atoms with E-state index in [1.54, 1.807) is 17.1 Å². The summed E-state index contributed by atoms with van der Waals surface area (Å²) in [7, 11) is 1.89. The molecule has 0 saturated heterocycles. The monoisotopic (exact) mass is 393 g/mol. The van der Waals surface area contributed by atoms with Crippen LogP contribution in [0.2, 0.25) is 0 Å². The molecule has 6 aromatic heterocycles. The molecule has 0 aliphatic carbocycles. The molecule has 0 unspecified atom stereocenters. The van der Waals surface area contributed by atoms with E-state index in [9.17, 15) is 0 Å². The second kappa shape index (κ2) is 6.31. The number of aromatic amines is 2. The van der Waals surface area contributed by atoms with Crippen molar-refractivity contribution in [3.8, 4) is 34.0 Å². The lowest BCUT2D eigenvalue weighted by atomic mass is 10.1. The van der Waals surface area contributed by atoms with Crippen molar-refractivity contribution in [3.05, 3.63) is 61.3 Å². The van der Waals surface area contributed by atoms with Gasteiger partial charge in [-0.15, -0.1) is 0 Å². The highest BCUT2D eigenvalue weighted by atomic mass is 15.2. The number of aryl methyl sites for hydroxylation is 1. The maximum atomic E-state index is 4.80. The van der Waals surface area contributed by atoms with Gasteiger partial charge in [-0.1, -0.05) is 6.07 Å². The Kier molecular flexibility index (Phi) is 3.48. The Morgan fingerprint density at radius 3 is 2.73 bits per heavy atom. The first-order chi connectivity index (χ1) is 14.8. The van der Waals surface area contributed by atoms with Gasteiger partial charge in [0.25, 0.3) is 0 Å². The predicted octanol–water partition coefficient (Wildman–Crippen LogP) is 3.36. The smallest absolute Gasteiger partial charge is 0.159 e. The minimum atomic E-state index is 0.645. The van der Waals surface area contributed by atoms with Gasteiger partial charge in [-0.05, 0) is 24.3 Å². The van der Waals surface area contributed by atoms with Gasteiger partial charge in [0.05, 0.1) is 22.8 Å². The molecule has 0 spiro atoms. The molecule has 0 aromatic carbocycles. The lowest BCUT2D eigenvalue weighted by molar-refractivity contribution is 0.768. The molecule has 30 heavy (non-hydrogen) atoms. The average Bonchev–Trinajstić information content (AvgIpc) is 3.50. The predicted molar refractivity (Wildman–Crippen MR) is 112 cm³/mol. The summed E-state index contributed by atoms with van der Waals surface area (Å²) in [6, 6.07) is 9.67. The molecule has 0 amide bonds. The topological polar surface area (TPSA) is 114 Å². The van der Waals surface area contributed by atoms with Gasteiger partial charge in [-0.3, -0.25) is 19.7 Å². The number of aromatic nitrogens is 9. The minimum Gasteiger partial charge on any atom is -0.336 e. The summed E-state index contributed by atoms with van der Waals surface area (Å²) in [6.07, 6.45) is 9.07. The van der Waals surface area contributed by atoms with E-state index in [1.165, 1.54) is 0 Å². The number of hydrogen-bond acceptors (Lipinski definition) is 6. The van der Waals surface area contributed by atoms with Gasteiger partial charge in [-0.25, -0.2) is 9.97 Å². The molecular weight excluding hydrogens is 378 g/mol. The second-order valence-corrected chi connectivity index (χ2v) is 6.95. The molecule has 6 aromatic rings. The highest BCUT2D eigenvalue weighted by Gasteiger charge is 2.17. The van der Waals surface area contributed by atoms with Gasteiger partial charge in [0, 0.05) is 43.0 Å². The van der Waals surface area contributed by atoms with Crippen molar-refractivity contribution in [2.24, 2.45) is 7.05 Å². The molecule has 0 radical (unpaired) electrons. The number of nitrogens with one attached hydrogen (secondary N) is 2. The molecule has 0 saturated carbocycles. The van der Waals surface area contributed by atoms with E-state index in [1.807, 2.05) is 56.0 Å². The quantitative estimate of drug-likeness (QED) is 0.477. The molecule has 9 nitrogen and oxygen atoms in total. The Hall–Kier alpha value is -4.40. The van der Waals surface area contributed by atoms with Crippen LogP contribution in [-0.4, -0.2) is 44.9 Å². The van der Waals surface area contributed by atoms with Gasteiger partial charge >= 0.3 is 0 Å². The lowest BCUT2D eigenvalue weighted by Gasteiger charge is -1.99. The molecule has 0 atom stereocenters. The summed E-state index contributed by atoms with van der Waals surface area (Å²) >= 11 is 0. The fraction of sp³-hybridized carbons (Fsp3) is 0.0476. The van der Waals surface area contributed by atoms with Crippen LogP contribution < -0.4 is 0 Å². The third-order valence-corrected chi connectivity index (χ3v) is 4.99. The summed E-state index contributed by atoms with van der Waals surface area (Å²) in [5.74, 6) is 0.645. The zero-order valence-corrected chi connectivity index (χ0v) is 15.9. The van der Waals surface area contributed by atoms with Crippen molar-refractivity contribution in [1.82, 2.24) is 44.9 Å². The number of fused-ring (bicyclic) bond motifs is 2. The van der Waals surface area contributed by atoms with Crippen molar-refractivity contribution in [3.63, 3.8) is 0 Å². The zero-order chi connectivity index (χ0) is 20.1. The molecule has 0 aliphatic rings. The third kappa shape index (κ3) is 2.56. The van der Waals surface area contributed by atoms with Crippen LogP contribution >= 0.6 is 0 Å². The number of nitrogens with zero attached hydrogens (tertiary/aromatic N) is 7. The summed E-state index contributed by atoms with van der Waals surface area (Å²) in [5, 5.41) is 12.6. The SMILES string of the molecule is Cn1cc(-c2cnc3[nH]nc(-c4nc5c(-c6ccccn6)nccc5[nH]4)c3c2)cn1. The molecular formula is C21H15N9. The Morgan fingerprint density at radius 2 is 1.90 bits per heavy atom. The van der Waals surface area contributed by atoms with Crippen molar-refractivity contribution in [1.29, 1.82) is 0 Å². The second-order valence-electron chi connectivity index (χ2n) is 6.95. The van der Waals surface area contributed by atoms with E-state index in [4.69, 9.17) is 4.98 Å². The Labute approximate surface area is 169 Å². The largest absolute Gasteiger partial charge is 0.336 e. The zero-order valence-electron chi connectivity index (χ0n) is 15.9. The molecule has 0 aliphatic heterocycles. The van der Waals surface area contributed by atoms with Gasteiger partial charge in [0.1, 0.15) is 16.9 Å². The fourth-order valence-electron chi connectivity index (χ4n) is 3.55. The summed E-state index contributed by atoms with van der Waals surface area (Å²) in [6.45, 7) is 0. The molecule has 6 heterocycles. The normalized spacial score (nSPS) is 11.5. The third-order valence-electron chi connectivity index (χ3n) is 4.99. The Morgan fingerprint density at radius 1 is 0.933 bits per heavy atom. The lowest BCUT2D eigenvalue weighted by Crippen LogP contribution is -1.88. The van der Waals surface area contributed by atoms with Crippen LogP contribution in [0.25, 0.3) is 56.1 Å². The van der Waals surface area contributed by atoms with Crippen LogP contribution in [0.3, 0.4) is 0 Å². The van der Waals surface area contributed by atoms with Crippen LogP contribution in [0.15, 0.2) is 61.3 Å². The van der Waals surface area contributed by atoms with Crippen LogP contribution in [-0.2, 0) is 7.05 Å². The van der Waals surface area contributed by atoms with Gasteiger partial charge in [-0.2, -0.15) is 10.2 Å². The van der Waals surface area contributed by atoms with Crippen LogP contribution in [0.4, 0.5) is 0 Å². The molecule has 0 bridgehead atoms. The Bertz CT molecular complexity index is 1510. The summed E-state index contributed by atoms with van der Waals surface area (Å²) in [5.41, 5.74) is 6.47. The van der Waals surface area contributed by atoms with E-state index in [-0.39, 0.29) is 0 Å². The van der Waals surface area contributed by atoms with Crippen LogP contribution in [0, 0.1) is 0 Å². The summed E-state index contributed by atoms with van der Waals surface area (Å²) in [4.78, 5) is 21.6. The molecule has 6 rings (SSSR count). The Balaban J connectivity index is 1.52. The van der Waals surface area contributed by atoms with E-state index < -0.39 is 0 Å². The van der Waals surface area contributed by atoms with E-state index in [0.717, 1.165) is 38.9 Å². The average molecular weight is 393 g/mol. The van der Waals surface area contributed by atoms with Crippen LogP contribution in [0.1, 0.15) is 0 Å². The van der Waals surface area contributed by atoms with Crippen molar-refractivity contribution < 1.29 is 0 Å². The highest BCUT2D eigenvalue weighted by molar-refractivity contribution is 5.95. The number of H-pyrrole nitrogens is 2. The van der Waals surface area contributed by atoms with E-state index in [0.29, 0.717) is 17.2 Å². The van der Waals surface area contributed by atoms with Gasteiger partial charge < -0.3 is 4.98 Å². The maximum absolute atomic E-state index is 4.80. The van der Waals surface area contributed by atoms with E-state index in [2.05, 4.69) is 35.2 Å². The van der Waals surface area contributed by atoms with Crippen molar-refractivity contribution in [2.75, 3.05) is 0 Å². The first-order valence-electron chi connectivity index (χ1n) is 9.36. The van der Waals surface area contributed by atoms with Crippen molar-refractivity contribution >= 4 is 22.1 Å². The van der Waals surface area contributed by atoms with Crippen LogP contribution in [0.5, 0.6) is 0 Å². The highest BCUT2D eigenvalue weighted by Crippen LogP contribution is 2.30. The van der Waals surface area contributed by atoms with Gasteiger partial charge in [0.15, 0.2) is 11.5 Å². The number of imidazole rings is 1. The molecule has 144 valence electrons. The van der Waals surface area contributed by atoms with E-state index >= 15 is 0 Å². The maximum Gasteiger partial charge on any atom is 0.159 e. The minimum absolute atomic E-state index is 0.645. The van der Waals surface area contributed by atoms with Crippen molar-refractivity contribution in [2.45, 2.75) is 0 Å². The number of pyridine rings is 3. The molecule has 0 fully saturated rings. The standard InChI is InChI=1S/C21H15N9/c1-30-11-13(10-25-30)12-8-14-17(28-29-20(14)24-9-12)21-26-16-5-7-23-18(19(16)27-21)15-4-2-3-6-22-15/h2-11H,1H3,(H,26,27)(H,24,28,29). The number of hydrogen-bond donors (Lipinski definition) is 2. The fourth-order valence-corrected chi connectivity index (χ4v) is 3.55. The first kappa shape index (κ1) is 16.5. The number of rotatable bonds is 3. The first-order valence-corrected chi connectivity index (χ1v) is 9.36. The molecule has 2 N–H and O–H groups in total. The van der Waals surface area contributed by atoms with Gasteiger partial charge in [0.2, 0.25) is 0 Å².